The molecule has 3 nitrogen and oxygen atoms in total. The third-order valence-electron chi connectivity index (χ3n) is 2.96. The first-order valence-corrected chi connectivity index (χ1v) is 6.33. The van der Waals surface area contributed by atoms with Crippen LogP contribution in [0, 0.1) is 0 Å². The fourth-order valence-corrected chi connectivity index (χ4v) is 2.05. The number of amides is 1. The minimum atomic E-state index is 0.165. The molecule has 0 heterocycles. The van der Waals surface area contributed by atoms with Crippen molar-refractivity contribution in [3.63, 3.8) is 0 Å². The lowest BCUT2D eigenvalue weighted by Gasteiger charge is -2.12. The Bertz CT molecular complexity index is 176. The summed E-state index contributed by atoms with van der Waals surface area (Å²) in [4.78, 5) is 11.5. The van der Waals surface area contributed by atoms with Crippen molar-refractivity contribution < 1.29 is 4.79 Å². The van der Waals surface area contributed by atoms with Gasteiger partial charge >= 0.3 is 0 Å². The summed E-state index contributed by atoms with van der Waals surface area (Å²) >= 11 is 0. The normalized spacial score (nSPS) is 16.9. The van der Waals surface area contributed by atoms with E-state index in [0.29, 0.717) is 12.6 Å². The van der Waals surface area contributed by atoms with Gasteiger partial charge in [-0.15, -0.1) is 0 Å². The molecule has 1 amide bonds. The average Bonchev–Trinajstić information content (AvgIpc) is 2.70. The Morgan fingerprint density at radius 1 is 1.27 bits per heavy atom. The fourth-order valence-electron chi connectivity index (χ4n) is 2.05. The predicted molar refractivity (Wildman–Crippen MR) is 62.8 cm³/mol. The van der Waals surface area contributed by atoms with Gasteiger partial charge in [-0.1, -0.05) is 32.6 Å². The second-order valence-electron chi connectivity index (χ2n) is 4.43. The van der Waals surface area contributed by atoms with E-state index in [1.807, 2.05) is 0 Å². The SMILES string of the molecule is CCCCCNCC(=O)NC1CCCC1. The van der Waals surface area contributed by atoms with E-state index in [4.69, 9.17) is 0 Å². The van der Waals surface area contributed by atoms with Gasteiger partial charge in [0.15, 0.2) is 0 Å². The van der Waals surface area contributed by atoms with E-state index in [-0.39, 0.29) is 5.91 Å². The zero-order valence-corrected chi connectivity index (χ0v) is 9.85. The van der Waals surface area contributed by atoms with Gasteiger partial charge in [-0.2, -0.15) is 0 Å². The number of nitrogens with one attached hydrogen (secondary N) is 2. The minimum absolute atomic E-state index is 0.165. The van der Waals surface area contributed by atoms with Crippen molar-refractivity contribution in [2.45, 2.75) is 57.9 Å². The Morgan fingerprint density at radius 3 is 2.67 bits per heavy atom. The summed E-state index contributed by atoms with van der Waals surface area (Å²) in [5.41, 5.74) is 0. The Labute approximate surface area is 93.0 Å². The lowest BCUT2D eigenvalue weighted by atomic mass is 10.2. The monoisotopic (exact) mass is 212 g/mol. The van der Waals surface area contributed by atoms with Gasteiger partial charge in [0.1, 0.15) is 0 Å². The van der Waals surface area contributed by atoms with Crippen LogP contribution in [0.3, 0.4) is 0 Å². The maximum atomic E-state index is 11.5. The predicted octanol–water partition coefficient (Wildman–Crippen LogP) is 1.82. The van der Waals surface area contributed by atoms with E-state index in [9.17, 15) is 4.79 Å². The highest BCUT2D eigenvalue weighted by Crippen LogP contribution is 2.17. The van der Waals surface area contributed by atoms with Crippen molar-refractivity contribution in [1.82, 2.24) is 10.6 Å². The van der Waals surface area contributed by atoms with E-state index in [1.165, 1.54) is 44.9 Å². The summed E-state index contributed by atoms with van der Waals surface area (Å²) < 4.78 is 0. The first-order valence-electron chi connectivity index (χ1n) is 6.33. The van der Waals surface area contributed by atoms with Crippen molar-refractivity contribution in [2.24, 2.45) is 0 Å². The third-order valence-corrected chi connectivity index (χ3v) is 2.96. The molecule has 1 saturated carbocycles. The van der Waals surface area contributed by atoms with Gasteiger partial charge in [0.2, 0.25) is 5.91 Å². The molecule has 0 aromatic rings. The average molecular weight is 212 g/mol. The minimum Gasteiger partial charge on any atom is -0.352 e. The van der Waals surface area contributed by atoms with Crippen LogP contribution in [0.2, 0.25) is 0 Å². The van der Waals surface area contributed by atoms with Crippen LogP contribution in [-0.2, 0) is 4.79 Å². The quantitative estimate of drug-likeness (QED) is 0.632. The van der Waals surface area contributed by atoms with Gasteiger partial charge in [-0.05, 0) is 25.8 Å². The highest BCUT2D eigenvalue weighted by molar-refractivity contribution is 5.78. The molecule has 2 N–H and O–H groups in total. The second-order valence-corrected chi connectivity index (χ2v) is 4.43. The molecule has 1 fully saturated rings. The van der Waals surface area contributed by atoms with Crippen LogP contribution in [0.25, 0.3) is 0 Å². The van der Waals surface area contributed by atoms with Gasteiger partial charge in [-0.25, -0.2) is 0 Å². The summed E-state index contributed by atoms with van der Waals surface area (Å²) in [6, 6.07) is 0.454. The van der Waals surface area contributed by atoms with E-state index in [0.717, 1.165) is 6.54 Å². The van der Waals surface area contributed by atoms with Crippen LogP contribution in [0.5, 0.6) is 0 Å². The largest absolute Gasteiger partial charge is 0.352 e. The molecule has 15 heavy (non-hydrogen) atoms. The first-order chi connectivity index (χ1) is 7.33. The lowest BCUT2D eigenvalue weighted by Crippen LogP contribution is -2.39. The number of carbonyl (C=O) groups excluding carboxylic acids is 1. The van der Waals surface area contributed by atoms with E-state index < -0.39 is 0 Å². The number of rotatable bonds is 7. The molecule has 1 aliphatic rings. The molecule has 0 aromatic carbocycles. The molecule has 0 spiro atoms. The lowest BCUT2D eigenvalue weighted by molar-refractivity contribution is -0.120. The van der Waals surface area contributed by atoms with Crippen LogP contribution >= 0.6 is 0 Å². The van der Waals surface area contributed by atoms with Crippen LogP contribution in [0.4, 0.5) is 0 Å². The zero-order chi connectivity index (χ0) is 10.9. The molecular formula is C12H24N2O. The highest BCUT2D eigenvalue weighted by atomic mass is 16.1. The molecule has 88 valence electrons. The highest BCUT2D eigenvalue weighted by Gasteiger charge is 2.16. The summed E-state index contributed by atoms with van der Waals surface area (Å²) in [6.45, 7) is 3.64. The molecular weight excluding hydrogens is 188 g/mol. The van der Waals surface area contributed by atoms with Gasteiger partial charge in [0, 0.05) is 6.04 Å². The molecule has 0 bridgehead atoms. The Hall–Kier alpha value is -0.570. The van der Waals surface area contributed by atoms with Crippen LogP contribution in [0.1, 0.15) is 51.9 Å². The number of unbranched alkanes of at least 4 members (excludes halogenated alkanes) is 2. The van der Waals surface area contributed by atoms with Crippen molar-refractivity contribution in [3.8, 4) is 0 Å². The Balaban J connectivity index is 1.93. The van der Waals surface area contributed by atoms with E-state index in [2.05, 4.69) is 17.6 Å². The maximum Gasteiger partial charge on any atom is 0.234 e. The summed E-state index contributed by atoms with van der Waals surface area (Å²) in [6.07, 6.45) is 8.54. The molecule has 1 rings (SSSR count). The van der Waals surface area contributed by atoms with Crippen molar-refractivity contribution in [2.75, 3.05) is 13.1 Å². The molecule has 0 radical (unpaired) electrons. The van der Waals surface area contributed by atoms with Crippen LogP contribution in [0.15, 0.2) is 0 Å². The van der Waals surface area contributed by atoms with Crippen LogP contribution in [-0.4, -0.2) is 25.0 Å². The molecule has 3 heteroatoms. The summed E-state index contributed by atoms with van der Waals surface area (Å²) in [5.74, 6) is 0.165. The molecule has 0 unspecified atom stereocenters. The number of hydrogen-bond acceptors (Lipinski definition) is 2. The molecule has 0 aromatic heterocycles. The zero-order valence-electron chi connectivity index (χ0n) is 9.85. The summed E-state index contributed by atoms with van der Waals surface area (Å²) in [7, 11) is 0. The van der Waals surface area contributed by atoms with E-state index in [1.54, 1.807) is 0 Å². The fraction of sp³-hybridized carbons (Fsp3) is 0.917. The Morgan fingerprint density at radius 2 is 2.00 bits per heavy atom. The van der Waals surface area contributed by atoms with Gasteiger partial charge in [-0.3, -0.25) is 4.79 Å². The van der Waals surface area contributed by atoms with Crippen molar-refractivity contribution in [3.05, 3.63) is 0 Å². The standard InChI is InChI=1S/C12H24N2O/c1-2-3-6-9-13-10-12(15)14-11-7-4-5-8-11/h11,13H,2-10H2,1H3,(H,14,15). The first kappa shape index (κ1) is 12.5. The van der Waals surface area contributed by atoms with Crippen LogP contribution < -0.4 is 10.6 Å². The number of hydrogen-bond donors (Lipinski definition) is 2. The topological polar surface area (TPSA) is 41.1 Å². The van der Waals surface area contributed by atoms with Gasteiger partial charge < -0.3 is 10.6 Å². The molecule has 0 saturated heterocycles. The second kappa shape index (κ2) is 7.69. The van der Waals surface area contributed by atoms with Crippen molar-refractivity contribution in [1.29, 1.82) is 0 Å². The van der Waals surface area contributed by atoms with Gasteiger partial charge in [0.05, 0.1) is 6.54 Å². The van der Waals surface area contributed by atoms with E-state index >= 15 is 0 Å². The number of carbonyl (C=O) groups is 1. The maximum absolute atomic E-state index is 11.5. The molecule has 0 aliphatic heterocycles. The third kappa shape index (κ3) is 5.78. The van der Waals surface area contributed by atoms with Crippen molar-refractivity contribution >= 4 is 5.91 Å². The Kier molecular flexibility index (Phi) is 6.41. The summed E-state index contributed by atoms with van der Waals surface area (Å²) in [5, 5.41) is 6.25. The van der Waals surface area contributed by atoms with Gasteiger partial charge in [0.25, 0.3) is 0 Å². The molecule has 0 atom stereocenters. The molecule has 1 aliphatic carbocycles. The smallest absolute Gasteiger partial charge is 0.234 e.